The van der Waals surface area contributed by atoms with Gasteiger partial charge in [0, 0.05) is 36.9 Å². The van der Waals surface area contributed by atoms with Crippen molar-refractivity contribution in [1.29, 1.82) is 0 Å². The zero-order valence-corrected chi connectivity index (χ0v) is 11.6. The van der Waals surface area contributed by atoms with Crippen molar-refractivity contribution < 1.29 is 4.79 Å². The largest absolute Gasteiger partial charge is 0.334 e. The van der Waals surface area contributed by atoms with Gasteiger partial charge in [-0.3, -0.25) is 14.7 Å². The number of amides is 1. The maximum Gasteiger partial charge on any atom is 0.272 e. The lowest BCUT2D eigenvalue weighted by atomic mass is 9.99. The Labute approximate surface area is 118 Å². The third-order valence-electron chi connectivity index (χ3n) is 4.07. The van der Waals surface area contributed by atoms with E-state index in [0.717, 1.165) is 19.6 Å². The molecule has 0 aliphatic carbocycles. The number of carbonyl (C=O) groups excluding carboxylic acids is 1. The molecule has 3 rings (SSSR count). The number of pyridine rings is 1. The van der Waals surface area contributed by atoms with E-state index in [2.05, 4.69) is 9.88 Å². The summed E-state index contributed by atoms with van der Waals surface area (Å²) in [7, 11) is 0. The van der Waals surface area contributed by atoms with Crippen molar-refractivity contribution in [1.82, 2.24) is 14.8 Å². The lowest BCUT2D eigenvalue weighted by Gasteiger charge is -2.43. The summed E-state index contributed by atoms with van der Waals surface area (Å²) in [6, 6.07) is 3.87. The molecule has 2 aliphatic heterocycles. The average molecular weight is 280 g/mol. The standard InChI is InChI=1S/C14H18ClN3O/c15-11-4-5-16-13(9-11)14(19)18-8-7-17-6-2-1-3-12(17)10-18/h4-5,9,12H,1-3,6-8,10H2. The summed E-state index contributed by atoms with van der Waals surface area (Å²) in [6.45, 7) is 3.79. The Morgan fingerprint density at radius 1 is 1.32 bits per heavy atom. The number of halogens is 1. The van der Waals surface area contributed by atoms with Crippen LogP contribution in [0.25, 0.3) is 0 Å². The van der Waals surface area contributed by atoms with E-state index in [1.807, 2.05) is 4.90 Å². The number of fused-ring (bicyclic) bond motifs is 1. The molecule has 5 heteroatoms. The van der Waals surface area contributed by atoms with Crippen LogP contribution in [0.3, 0.4) is 0 Å². The molecule has 2 saturated heterocycles. The van der Waals surface area contributed by atoms with Crippen LogP contribution in [0.1, 0.15) is 29.8 Å². The van der Waals surface area contributed by atoms with Gasteiger partial charge in [0.15, 0.2) is 0 Å². The summed E-state index contributed by atoms with van der Waals surface area (Å²) in [5.74, 6) is 0.00715. The first kappa shape index (κ1) is 12.9. The predicted octanol–water partition coefficient (Wildman–Crippen LogP) is 2.05. The van der Waals surface area contributed by atoms with E-state index < -0.39 is 0 Å². The second-order valence-corrected chi connectivity index (χ2v) is 5.73. The Kier molecular flexibility index (Phi) is 3.71. The molecule has 0 bridgehead atoms. The van der Waals surface area contributed by atoms with Crippen LogP contribution in [0, 0.1) is 0 Å². The molecule has 1 amide bonds. The van der Waals surface area contributed by atoms with Crippen molar-refractivity contribution in [2.45, 2.75) is 25.3 Å². The smallest absolute Gasteiger partial charge is 0.272 e. The first-order valence-corrected chi connectivity index (χ1v) is 7.27. The second kappa shape index (κ2) is 5.47. The van der Waals surface area contributed by atoms with E-state index in [1.165, 1.54) is 25.8 Å². The van der Waals surface area contributed by atoms with Gasteiger partial charge in [-0.05, 0) is 31.5 Å². The first-order chi connectivity index (χ1) is 9.24. The van der Waals surface area contributed by atoms with Gasteiger partial charge in [0.05, 0.1) is 0 Å². The van der Waals surface area contributed by atoms with Gasteiger partial charge in [0.1, 0.15) is 5.69 Å². The highest BCUT2D eigenvalue weighted by molar-refractivity contribution is 6.30. The molecule has 0 radical (unpaired) electrons. The maximum absolute atomic E-state index is 12.4. The lowest BCUT2D eigenvalue weighted by molar-refractivity contribution is 0.0368. The number of hydrogen-bond donors (Lipinski definition) is 0. The monoisotopic (exact) mass is 279 g/mol. The summed E-state index contributed by atoms with van der Waals surface area (Å²) in [5.41, 5.74) is 0.455. The van der Waals surface area contributed by atoms with Crippen molar-refractivity contribution in [3.05, 3.63) is 29.0 Å². The van der Waals surface area contributed by atoms with Gasteiger partial charge >= 0.3 is 0 Å². The van der Waals surface area contributed by atoms with E-state index in [-0.39, 0.29) is 5.91 Å². The van der Waals surface area contributed by atoms with Crippen LogP contribution in [0.2, 0.25) is 5.02 Å². The summed E-state index contributed by atoms with van der Waals surface area (Å²) in [6.07, 6.45) is 5.36. The molecule has 2 aliphatic rings. The minimum absolute atomic E-state index is 0.00715. The van der Waals surface area contributed by atoms with Gasteiger partial charge in [-0.1, -0.05) is 18.0 Å². The molecular formula is C14H18ClN3O. The fourth-order valence-corrected chi connectivity index (χ4v) is 3.18. The van der Waals surface area contributed by atoms with Crippen LogP contribution in [-0.2, 0) is 0 Å². The average Bonchev–Trinajstić information content (AvgIpc) is 2.46. The molecule has 2 fully saturated rings. The number of nitrogens with zero attached hydrogens (tertiary/aromatic N) is 3. The van der Waals surface area contributed by atoms with Crippen molar-refractivity contribution in [2.75, 3.05) is 26.2 Å². The Hall–Kier alpha value is -1.13. The van der Waals surface area contributed by atoms with Gasteiger partial charge in [0.25, 0.3) is 5.91 Å². The molecule has 3 heterocycles. The number of carbonyl (C=O) groups is 1. The third-order valence-corrected chi connectivity index (χ3v) is 4.30. The van der Waals surface area contributed by atoms with Gasteiger partial charge < -0.3 is 4.90 Å². The summed E-state index contributed by atoms with van der Waals surface area (Å²) in [4.78, 5) is 21.0. The number of hydrogen-bond acceptors (Lipinski definition) is 3. The Morgan fingerprint density at radius 2 is 2.21 bits per heavy atom. The number of rotatable bonds is 1. The van der Waals surface area contributed by atoms with Crippen molar-refractivity contribution in [2.24, 2.45) is 0 Å². The van der Waals surface area contributed by atoms with E-state index in [4.69, 9.17) is 11.6 Å². The minimum Gasteiger partial charge on any atom is -0.334 e. The molecule has 1 atom stereocenters. The normalized spacial score (nSPS) is 24.1. The van der Waals surface area contributed by atoms with Gasteiger partial charge in [0.2, 0.25) is 0 Å². The highest BCUT2D eigenvalue weighted by Gasteiger charge is 2.31. The molecular weight excluding hydrogens is 262 g/mol. The van der Waals surface area contributed by atoms with E-state index in [1.54, 1.807) is 18.3 Å². The van der Waals surface area contributed by atoms with Crippen LogP contribution in [-0.4, -0.2) is 52.9 Å². The van der Waals surface area contributed by atoms with E-state index in [9.17, 15) is 4.79 Å². The third kappa shape index (κ3) is 2.74. The maximum atomic E-state index is 12.4. The van der Waals surface area contributed by atoms with Crippen molar-refractivity contribution >= 4 is 17.5 Å². The van der Waals surface area contributed by atoms with Gasteiger partial charge in [-0.15, -0.1) is 0 Å². The SMILES string of the molecule is O=C(c1cc(Cl)ccn1)N1CCN2CCCCC2C1. The summed E-state index contributed by atoms with van der Waals surface area (Å²) in [5, 5.41) is 0.564. The molecule has 102 valence electrons. The number of aromatic nitrogens is 1. The molecule has 1 unspecified atom stereocenters. The Morgan fingerprint density at radius 3 is 3.05 bits per heavy atom. The van der Waals surface area contributed by atoms with Crippen LogP contribution in [0.5, 0.6) is 0 Å². The van der Waals surface area contributed by atoms with Gasteiger partial charge in [-0.25, -0.2) is 0 Å². The first-order valence-electron chi connectivity index (χ1n) is 6.89. The van der Waals surface area contributed by atoms with Crippen LogP contribution >= 0.6 is 11.6 Å². The number of piperazine rings is 1. The van der Waals surface area contributed by atoms with E-state index >= 15 is 0 Å². The summed E-state index contributed by atoms with van der Waals surface area (Å²) >= 11 is 5.92. The summed E-state index contributed by atoms with van der Waals surface area (Å²) < 4.78 is 0. The molecule has 1 aromatic rings. The fraction of sp³-hybridized carbons (Fsp3) is 0.571. The minimum atomic E-state index is 0.00715. The highest BCUT2D eigenvalue weighted by Crippen LogP contribution is 2.22. The van der Waals surface area contributed by atoms with Crippen LogP contribution in [0.15, 0.2) is 18.3 Å². The van der Waals surface area contributed by atoms with E-state index in [0.29, 0.717) is 16.8 Å². The lowest BCUT2D eigenvalue weighted by Crippen LogP contribution is -2.56. The zero-order valence-electron chi connectivity index (χ0n) is 10.9. The van der Waals surface area contributed by atoms with Crippen molar-refractivity contribution in [3.63, 3.8) is 0 Å². The molecule has 0 saturated carbocycles. The molecule has 0 N–H and O–H groups in total. The number of piperidine rings is 1. The van der Waals surface area contributed by atoms with Crippen molar-refractivity contribution in [3.8, 4) is 0 Å². The Balaban J connectivity index is 1.71. The Bertz CT molecular complexity index is 480. The fourth-order valence-electron chi connectivity index (χ4n) is 3.02. The second-order valence-electron chi connectivity index (χ2n) is 5.30. The van der Waals surface area contributed by atoms with Crippen LogP contribution < -0.4 is 0 Å². The molecule has 1 aromatic heterocycles. The highest BCUT2D eigenvalue weighted by atomic mass is 35.5. The molecule has 0 aromatic carbocycles. The quantitative estimate of drug-likeness (QED) is 0.789. The predicted molar refractivity (Wildman–Crippen MR) is 74.4 cm³/mol. The zero-order chi connectivity index (χ0) is 13.2. The topological polar surface area (TPSA) is 36.4 Å². The van der Waals surface area contributed by atoms with Crippen LogP contribution in [0.4, 0.5) is 0 Å². The van der Waals surface area contributed by atoms with Gasteiger partial charge in [-0.2, -0.15) is 0 Å². The molecule has 19 heavy (non-hydrogen) atoms. The molecule has 4 nitrogen and oxygen atoms in total. The molecule has 0 spiro atoms.